The standard InChI is InChI=1S/C17H16ClN3O2/c1-17(2)7-13-12(14(22)8-17)9-19-16(20-13)21-15(23)10-4-3-5-11(18)6-10/h3-6,9H,7-8H2,1-2H3,(H,19,20,21,23). The van der Waals surface area contributed by atoms with Crippen molar-refractivity contribution in [1.29, 1.82) is 0 Å². The second-order valence-electron chi connectivity index (χ2n) is 6.46. The molecule has 1 aromatic carbocycles. The Balaban J connectivity index is 1.85. The zero-order valence-electron chi connectivity index (χ0n) is 12.9. The molecule has 0 aliphatic heterocycles. The van der Waals surface area contributed by atoms with Crippen LogP contribution in [0.1, 0.15) is 46.7 Å². The Morgan fingerprint density at radius 3 is 2.83 bits per heavy atom. The number of rotatable bonds is 2. The Bertz CT molecular complexity index is 802. The molecular weight excluding hydrogens is 314 g/mol. The van der Waals surface area contributed by atoms with E-state index in [0.717, 1.165) is 0 Å². The minimum absolute atomic E-state index is 0.0453. The highest BCUT2D eigenvalue weighted by atomic mass is 35.5. The van der Waals surface area contributed by atoms with Crippen LogP contribution < -0.4 is 5.32 Å². The van der Waals surface area contributed by atoms with Crippen LogP contribution in [0.15, 0.2) is 30.5 Å². The minimum atomic E-state index is -0.339. The molecule has 2 aromatic rings. The van der Waals surface area contributed by atoms with E-state index < -0.39 is 0 Å². The number of carbonyl (C=O) groups excluding carboxylic acids is 2. The van der Waals surface area contributed by atoms with Gasteiger partial charge in [-0.1, -0.05) is 31.5 Å². The van der Waals surface area contributed by atoms with Gasteiger partial charge in [-0.2, -0.15) is 0 Å². The molecule has 118 valence electrons. The van der Waals surface area contributed by atoms with Crippen molar-refractivity contribution in [3.63, 3.8) is 0 Å². The number of nitrogens with zero attached hydrogens (tertiary/aromatic N) is 2. The van der Waals surface area contributed by atoms with Crippen molar-refractivity contribution < 1.29 is 9.59 Å². The Kier molecular flexibility index (Phi) is 3.90. The first kappa shape index (κ1) is 15.6. The lowest BCUT2D eigenvalue weighted by atomic mass is 9.76. The average Bonchev–Trinajstić information content (AvgIpc) is 2.45. The summed E-state index contributed by atoms with van der Waals surface area (Å²) in [6, 6.07) is 6.63. The molecule has 5 nitrogen and oxygen atoms in total. The summed E-state index contributed by atoms with van der Waals surface area (Å²) >= 11 is 5.89. The third-order valence-corrected chi connectivity index (χ3v) is 4.00. The van der Waals surface area contributed by atoms with Crippen LogP contribution in [0.4, 0.5) is 5.95 Å². The molecule has 1 N–H and O–H groups in total. The molecule has 6 heteroatoms. The normalized spacial score (nSPS) is 15.9. The van der Waals surface area contributed by atoms with Gasteiger partial charge in [0.05, 0.1) is 11.3 Å². The molecule has 0 radical (unpaired) electrons. The van der Waals surface area contributed by atoms with E-state index in [1.807, 2.05) is 13.8 Å². The summed E-state index contributed by atoms with van der Waals surface area (Å²) in [4.78, 5) is 32.8. The van der Waals surface area contributed by atoms with Crippen LogP contribution in [-0.2, 0) is 6.42 Å². The number of hydrogen-bond acceptors (Lipinski definition) is 4. The van der Waals surface area contributed by atoms with E-state index in [0.29, 0.717) is 34.7 Å². The second-order valence-corrected chi connectivity index (χ2v) is 6.90. The zero-order valence-corrected chi connectivity index (χ0v) is 13.6. The maximum atomic E-state index is 12.2. The Morgan fingerprint density at radius 1 is 1.30 bits per heavy atom. The topological polar surface area (TPSA) is 72.0 Å². The quantitative estimate of drug-likeness (QED) is 0.914. The van der Waals surface area contributed by atoms with E-state index in [1.165, 1.54) is 6.20 Å². The molecule has 0 saturated carbocycles. The van der Waals surface area contributed by atoms with E-state index in [1.54, 1.807) is 24.3 Å². The van der Waals surface area contributed by atoms with Crippen LogP contribution in [-0.4, -0.2) is 21.7 Å². The SMILES string of the molecule is CC1(C)CC(=O)c2cnc(NC(=O)c3cccc(Cl)c3)nc2C1. The first-order chi connectivity index (χ1) is 10.8. The van der Waals surface area contributed by atoms with Gasteiger partial charge in [-0.15, -0.1) is 0 Å². The fraction of sp³-hybridized carbons (Fsp3) is 0.294. The summed E-state index contributed by atoms with van der Waals surface area (Å²) in [6.45, 7) is 4.06. The van der Waals surface area contributed by atoms with Crippen LogP contribution in [0.3, 0.4) is 0 Å². The summed E-state index contributed by atoms with van der Waals surface area (Å²) in [6.07, 6.45) is 2.65. The number of halogens is 1. The lowest BCUT2D eigenvalue weighted by molar-refractivity contribution is 0.0909. The van der Waals surface area contributed by atoms with E-state index in [9.17, 15) is 9.59 Å². The number of aromatic nitrogens is 2. The van der Waals surface area contributed by atoms with Gasteiger partial charge in [0.2, 0.25) is 5.95 Å². The molecule has 0 bridgehead atoms. The molecule has 1 amide bonds. The van der Waals surface area contributed by atoms with Gasteiger partial charge in [-0.25, -0.2) is 9.97 Å². The van der Waals surface area contributed by atoms with E-state index in [-0.39, 0.29) is 23.1 Å². The van der Waals surface area contributed by atoms with E-state index in [4.69, 9.17) is 11.6 Å². The number of Topliss-reactive ketones (excluding diaryl/α,β-unsaturated/α-hetero) is 1. The van der Waals surface area contributed by atoms with Gasteiger partial charge in [-0.3, -0.25) is 14.9 Å². The third kappa shape index (κ3) is 3.40. The molecule has 0 fully saturated rings. The monoisotopic (exact) mass is 329 g/mol. The number of nitrogens with one attached hydrogen (secondary N) is 1. The first-order valence-electron chi connectivity index (χ1n) is 7.30. The van der Waals surface area contributed by atoms with Crippen molar-refractivity contribution in [3.05, 3.63) is 52.3 Å². The fourth-order valence-corrected chi connectivity index (χ4v) is 2.88. The maximum Gasteiger partial charge on any atom is 0.258 e. The first-order valence-corrected chi connectivity index (χ1v) is 7.68. The predicted octanol–water partition coefficient (Wildman–Crippen LogP) is 3.54. The summed E-state index contributed by atoms with van der Waals surface area (Å²) < 4.78 is 0. The molecule has 0 saturated heterocycles. The highest BCUT2D eigenvalue weighted by Gasteiger charge is 2.32. The number of benzene rings is 1. The highest BCUT2D eigenvalue weighted by Crippen LogP contribution is 2.33. The summed E-state index contributed by atoms with van der Waals surface area (Å²) in [5, 5.41) is 3.13. The van der Waals surface area contributed by atoms with E-state index >= 15 is 0 Å². The number of ketones is 1. The van der Waals surface area contributed by atoms with Gasteiger partial charge in [0, 0.05) is 23.2 Å². The molecule has 0 unspecified atom stereocenters. The lowest BCUT2D eigenvalue weighted by Crippen LogP contribution is -2.28. The van der Waals surface area contributed by atoms with Gasteiger partial charge in [0.15, 0.2) is 5.78 Å². The van der Waals surface area contributed by atoms with E-state index in [2.05, 4.69) is 15.3 Å². The van der Waals surface area contributed by atoms with Crippen LogP contribution in [0.25, 0.3) is 0 Å². The molecular formula is C17H16ClN3O2. The van der Waals surface area contributed by atoms with Gasteiger partial charge in [-0.05, 0) is 30.0 Å². The van der Waals surface area contributed by atoms with Crippen molar-refractivity contribution in [1.82, 2.24) is 9.97 Å². The van der Waals surface area contributed by atoms with Crippen molar-refractivity contribution in [2.45, 2.75) is 26.7 Å². The number of carbonyl (C=O) groups is 2. The lowest BCUT2D eigenvalue weighted by Gasteiger charge is -2.29. The van der Waals surface area contributed by atoms with Gasteiger partial charge in [0.25, 0.3) is 5.91 Å². The Morgan fingerprint density at radius 2 is 2.09 bits per heavy atom. The summed E-state index contributed by atoms with van der Waals surface area (Å²) in [5.74, 6) is -0.1000. The number of anilines is 1. The van der Waals surface area contributed by atoms with Crippen LogP contribution in [0.5, 0.6) is 0 Å². The summed E-state index contributed by atoms with van der Waals surface area (Å²) in [5.41, 5.74) is 1.52. The molecule has 1 aromatic heterocycles. The zero-order chi connectivity index (χ0) is 16.6. The number of amides is 1. The maximum absolute atomic E-state index is 12.2. The second kappa shape index (κ2) is 5.74. The fourth-order valence-electron chi connectivity index (χ4n) is 2.69. The summed E-state index contributed by atoms with van der Waals surface area (Å²) in [7, 11) is 0. The largest absolute Gasteiger partial charge is 0.294 e. The molecule has 0 atom stereocenters. The van der Waals surface area contributed by atoms with Crippen molar-refractivity contribution >= 4 is 29.2 Å². The van der Waals surface area contributed by atoms with Gasteiger partial charge in [0.1, 0.15) is 0 Å². The van der Waals surface area contributed by atoms with Crippen molar-refractivity contribution in [2.75, 3.05) is 5.32 Å². The number of hydrogen-bond donors (Lipinski definition) is 1. The Labute approximate surface area is 139 Å². The minimum Gasteiger partial charge on any atom is -0.294 e. The van der Waals surface area contributed by atoms with Crippen molar-refractivity contribution in [3.8, 4) is 0 Å². The van der Waals surface area contributed by atoms with Gasteiger partial charge < -0.3 is 0 Å². The number of fused-ring (bicyclic) bond motifs is 1. The van der Waals surface area contributed by atoms with Gasteiger partial charge >= 0.3 is 0 Å². The average molecular weight is 330 g/mol. The molecule has 23 heavy (non-hydrogen) atoms. The van der Waals surface area contributed by atoms with Crippen LogP contribution in [0, 0.1) is 5.41 Å². The predicted molar refractivity (Wildman–Crippen MR) is 87.9 cm³/mol. The van der Waals surface area contributed by atoms with Crippen LogP contribution >= 0.6 is 11.6 Å². The molecule has 1 aliphatic carbocycles. The molecule has 0 spiro atoms. The molecule has 3 rings (SSSR count). The molecule has 1 aliphatic rings. The van der Waals surface area contributed by atoms with Crippen molar-refractivity contribution in [2.24, 2.45) is 5.41 Å². The Hall–Kier alpha value is -2.27. The smallest absolute Gasteiger partial charge is 0.258 e. The third-order valence-electron chi connectivity index (χ3n) is 3.77. The molecule has 1 heterocycles. The highest BCUT2D eigenvalue weighted by molar-refractivity contribution is 6.31. The van der Waals surface area contributed by atoms with Crippen LogP contribution in [0.2, 0.25) is 5.02 Å².